The Morgan fingerprint density at radius 1 is 1.17 bits per heavy atom. The van der Waals surface area contributed by atoms with Gasteiger partial charge in [-0.15, -0.1) is 0 Å². The molecule has 0 aromatic carbocycles. The number of allylic oxidation sites excluding steroid dienone is 1. The number of carbonyl (C=O) groups is 1. The average molecular weight is 256 g/mol. The third-order valence-corrected chi connectivity index (χ3v) is 2.41. The van der Waals surface area contributed by atoms with Crippen LogP contribution in [-0.4, -0.2) is 23.8 Å². The first kappa shape index (κ1) is 16.6. The van der Waals surface area contributed by atoms with Crippen molar-refractivity contribution in [2.75, 3.05) is 7.11 Å². The van der Waals surface area contributed by atoms with Crippen LogP contribution in [0.5, 0.6) is 0 Å². The minimum atomic E-state index is -0.763. The maximum atomic E-state index is 11.7. The highest BCUT2D eigenvalue weighted by Gasteiger charge is 2.30. The van der Waals surface area contributed by atoms with E-state index in [-0.39, 0.29) is 5.76 Å². The van der Waals surface area contributed by atoms with E-state index in [9.17, 15) is 9.90 Å². The minimum Gasteiger partial charge on any atom is -0.512 e. The van der Waals surface area contributed by atoms with Crippen molar-refractivity contribution in [1.82, 2.24) is 0 Å². The van der Waals surface area contributed by atoms with Crippen LogP contribution in [-0.2, 0) is 14.3 Å². The summed E-state index contributed by atoms with van der Waals surface area (Å²) < 4.78 is 10.4. The molecule has 18 heavy (non-hydrogen) atoms. The molecule has 0 aliphatic heterocycles. The number of aliphatic hydroxyl groups is 1. The smallest absolute Gasteiger partial charge is 0.334 e. The summed E-state index contributed by atoms with van der Waals surface area (Å²) in [5.74, 6) is 0.00263. The summed E-state index contributed by atoms with van der Waals surface area (Å²) in [7, 11) is 1.46. The first-order valence-electron chi connectivity index (χ1n) is 5.89. The van der Waals surface area contributed by atoms with Crippen molar-refractivity contribution in [3.8, 4) is 0 Å². The Hall–Kier alpha value is -1.45. The lowest BCUT2D eigenvalue weighted by Gasteiger charge is -2.26. The van der Waals surface area contributed by atoms with E-state index in [1.54, 1.807) is 47.6 Å². The largest absolute Gasteiger partial charge is 0.512 e. The molecule has 0 rings (SSSR count). The number of rotatable bonds is 4. The Morgan fingerprint density at radius 3 is 2.00 bits per heavy atom. The van der Waals surface area contributed by atoms with Crippen LogP contribution < -0.4 is 0 Å². The van der Waals surface area contributed by atoms with Gasteiger partial charge in [0.2, 0.25) is 0 Å². The molecular weight excluding hydrogens is 232 g/mol. The zero-order valence-corrected chi connectivity index (χ0v) is 12.3. The van der Waals surface area contributed by atoms with Crippen molar-refractivity contribution in [2.24, 2.45) is 5.41 Å². The summed E-state index contributed by atoms with van der Waals surface area (Å²) in [6, 6.07) is 0. The fourth-order valence-electron chi connectivity index (χ4n) is 1.42. The number of hydrogen-bond donors (Lipinski definition) is 1. The molecule has 0 radical (unpaired) electrons. The summed E-state index contributed by atoms with van der Waals surface area (Å²) in [6.45, 7) is 10.6. The quantitative estimate of drug-likeness (QED) is 0.476. The number of ether oxygens (including phenoxy) is 2. The van der Waals surface area contributed by atoms with Crippen LogP contribution in [0.25, 0.3) is 0 Å². The highest BCUT2D eigenvalue weighted by atomic mass is 16.6. The van der Waals surface area contributed by atoms with Crippen LogP contribution in [0.15, 0.2) is 23.7 Å². The van der Waals surface area contributed by atoms with E-state index in [1.165, 1.54) is 13.2 Å². The zero-order chi connectivity index (χ0) is 14.6. The van der Waals surface area contributed by atoms with Crippen molar-refractivity contribution < 1.29 is 19.4 Å². The van der Waals surface area contributed by atoms with Crippen molar-refractivity contribution in [3.05, 3.63) is 23.7 Å². The molecule has 4 nitrogen and oxygen atoms in total. The predicted octanol–water partition coefficient (Wildman–Crippen LogP) is 3.35. The Kier molecular flexibility index (Phi) is 5.46. The van der Waals surface area contributed by atoms with E-state index >= 15 is 0 Å². The Labute approximate surface area is 109 Å². The van der Waals surface area contributed by atoms with Gasteiger partial charge in [-0.2, -0.15) is 0 Å². The van der Waals surface area contributed by atoms with Crippen molar-refractivity contribution in [2.45, 2.75) is 47.1 Å². The van der Waals surface area contributed by atoms with Gasteiger partial charge in [0.15, 0.2) is 0 Å². The molecule has 0 unspecified atom stereocenters. The van der Waals surface area contributed by atoms with Crippen LogP contribution in [0, 0.1) is 5.41 Å². The summed E-state index contributed by atoms with van der Waals surface area (Å²) in [5.41, 5.74) is -1.32. The van der Waals surface area contributed by atoms with Gasteiger partial charge in [0.25, 0.3) is 0 Å². The molecule has 0 heterocycles. The first-order valence-corrected chi connectivity index (χ1v) is 5.89. The summed E-state index contributed by atoms with van der Waals surface area (Å²) >= 11 is 0. The Morgan fingerprint density at radius 2 is 1.67 bits per heavy atom. The van der Waals surface area contributed by atoms with Gasteiger partial charge in [-0.25, -0.2) is 4.79 Å². The van der Waals surface area contributed by atoms with Gasteiger partial charge in [-0.1, -0.05) is 0 Å². The maximum Gasteiger partial charge on any atom is 0.334 e. The lowest BCUT2D eigenvalue weighted by atomic mass is 9.87. The van der Waals surface area contributed by atoms with Gasteiger partial charge in [-0.3, -0.25) is 0 Å². The Balaban J connectivity index is 5.16. The van der Waals surface area contributed by atoms with Crippen molar-refractivity contribution >= 4 is 5.97 Å². The molecule has 0 saturated carbocycles. The van der Waals surface area contributed by atoms with Gasteiger partial charge in [-0.05, 0) is 47.6 Å². The molecule has 0 aliphatic carbocycles. The van der Waals surface area contributed by atoms with Crippen LogP contribution >= 0.6 is 0 Å². The van der Waals surface area contributed by atoms with E-state index in [2.05, 4.69) is 0 Å². The standard InChI is InChI=1S/C14H24O4/c1-8-10(15)14(5,6)11(17-7)9-12(16)18-13(2,3)4/h8-9,15H,1-7H3/b10-8-,11-9-. The Bertz CT molecular complexity index is 356. The van der Waals surface area contributed by atoms with E-state index in [1.807, 2.05) is 0 Å². The molecule has 0 fully saturated rings. The second-order valence-electron chi connectivity index (χ2n) is 5.55. The average Bonchev–Trinajstić information content (AvgIpc) is 2.21. The van der Waals surface area contributed by atoms with Gasteiger partial charge < -0.3 is 14.6 Å². The van der Waals surface area contributed by atoms with Gasteiger partial charge in [0.1, 0.15) is 17.1 Å². The molecule has 0 aromatic rings. The molecule has 0 atom stereocenters. The molecule has 0 saturated heterocycles. The number of hydrogen-bond acceptors (Lipinski definition) is 4. The molecule has 0 aromatic heterocycles. The second-order valence-corrected chi connectivity index (χ2v) is 5.55. The molecule has 0 aliphatic rings. The molecule has 0 spiro atoms. The molecule has 0 bridgehead atoms. The molecule has 104 valence electrons. The monoisotopic (exact) mass is 256 g/mol. The summed E-state index contributed by atoms with van der Waals surface area (Å²) in [6.07, 6.45) is 2.84. The highest BCUT2D eigenvalue weighted by Crippen LogP contribution is 2.33. The highest BCUT2D eigenvalue weighted by molar-refractivity contribution is 5.83. The predicted molar refractivity (Wildman–Crippen MR) is 71.1 cm³/mol. The van der Waals surface area contributed by atoms with E-state index < -0.39 is 17.0 Å². The molecule has 1 N–H and O–H groups in total. The van der Waals surface area contributed by atoms with Gasteiger partial charge >= 0.3 is 5.97 Å². The van der Waals surface area contributed by atoms with Crippen LogP contribution in [0.2, 0.25) is 0 Å². The van der Waals surface area contributed by atoms with E-state index in [0.29, 0.717) is 5.76 Å². The topological polar surface area (TPSA) is 55.8 Å². The van der Waals surface area contributed by atoms with Crippen LogP contribution in [0.1, 0.15) is 41.5 Å². The number of aliphatic hydroxyl groups excluding tert-OH is 1. The second kappa shape index (κ2) is 5.94. The number of esters is 1. The van der Waals surface area contributed by atoms with Gasteiger partial charge in [0, 0.05) is 0 Å². The van der Waals surface area contributed by atoms with E-state index in [0.717, 1.165) is 0 Å². The van der Waals surface area contributed by atoms with Gasteiger partial charge in [0.05, 0.1) is 18.6 Å². The molecular formula is C14H24O4. The first-order chi connectivity index (χ1) is 8.04. The van der Waals surface area contributed by atoms with Crippen LogP contribution in [0.4, 0.5) is 0 Å². The lowest BCUT2D eigenvalue weighted by molar-refractivity contribution is -0.148. The van der Waals surface area contributed by atoms with Crippen molar-refractivity contribution in [1.29, 1.82) is 0 Å². The van der Waals surface area contributed by atoms with Crippen molar-refractivity contribution in [3.63, 3.8) is 0 Å². The summed E-state index contributed by atoms with van der Waals surface area (Å²) in [5, 5.41) is 9.82. The minimum absolute atomic E-state index is 0.138. The maximum absolute atomic E-state index is 11.7. The zero-order valence-electron chi connectivity index (χ0n) is 12.3. The SMILES string of the molecule is C/C=C(\O)C(C)(C)/C(=C/C(=O)OC(C)(C)C)OC. The lowest BCUT2D eigenvalue weighted by Crippen LogP contribution is -2.25. The normalized spacial score (nSPS) is 14.4. The number of carbonyl (C=O) groups excluding carboxylic acids is 1. The van der Waals surface area contributed by atoms with E-state index in [4.69, 9.17) is 9.47 Å². The summed E-state index contributed by atoms with van der Waals surface area (Å²) in [4.78, 5) is 11.7. The molecule has 0 amide bonds. The third-order valence-electron chi connectivity index (χ3n) is 2.41. The number of methoxy groups -OCH3 is 1. The fraction of sp³-hybridized carbons (Fsp3) is 0.643. The fourth-order valence-corrected chi connectivity index (χ4v) is 1.42. The van der Waals surface area contributed by atoms with Crippen LogP contribution in [0.3, 0.4) is 0 Å². The molecule has 4 heteroatoms. The third kappa shape index (κ3) is 4.82.